The zero-order valence-electron chi connectivity index (χ0n) is 9.19. The number of morpholine rings is 1. The van der Waals surface area contributed by atoms with Crippen LogP contribution in [0.3, 0.4) is 0 Å². The van der Waals surface area contributed by atoms with Gasteiger partial charge in [-0.1, -0.05) is 6.92 Å². The highest BCUT2D eigenvalue weighted by Crippen LogP contribution is 2.20. The molecule has 0 aliphatic carbocycles. The van der Waals surface area contributed by atoms with Crippen LogP contribution in [0.15, 0.2) is 6.20 Å². The highest BCUT2D eigenvalue weighted by atomic mass is 127. The van der Waals surface area contributed by atoms with Gasteiger partial charge in [-0.3, -0.25) is 4.90 Å². The van der Waals surface area contributed by atoms with Gasteiger partial charge in [0.1, 0.15) is 11.9 Å². The number of ether oxygens (including phenoxy) is 1. The summed E-state index contributed by atoms with van der Waals surface area (Å²) in [5.74, 6) is 1.22. The molecule has 1 fully saturated rings. The average Bonchev–Trinajstić information content (AvgIpc) is 2.33. The second kappa shape index (κ2) is 5.24. The molecule has 0 bridgehead atoms. The van der Waals surface area contributed by atoms with Crippen LogP contribution >= 0.6 is 22.6 Å². The van der Waals surface area contributed by atoms with Crippen molar-refractivity contribution in [3.63, 3.8) is 0 Å². The van der Waals surface area contributed by atoms with Crippen molar-refractivity contribution in [3.05, 3.63) is 15.6 Å². The van der Waals surface area contributed by atoms with Crippen molar-refractivity contribution in [2.75, 3.05) is 32.0 Å². The molecule has 1 atom stereocenters. The Bertz CT molecular complexity index is 374. The molecule has 0 amide bonds. The van der Waals surface area contributed by atoms with Gasteiger partial charge in [0.25, 0.3) is 0 Å². The number of nitrogens with two attached hydrogens (primary N) is 1. The van der Waals surface area contributed by atoms with Crippen molar-refractivity contribution in [3.8, 4) is 0 Å². The van der Waals surface area contributed by atoms with Crippen molar-refractivity contribution in [1.82, 2.24) is 14.9 Å². The molecule has 1 aromatic rings. The molecule has 2 rings (SSSR count). The molecule has 2 heterocycles. The molecule has 5 nitrogen and oxygen atoms in total. The Balaban J connectivity index is 2.13. The van der Waals surface area contributed by atoms with Gasteiger partial charge in [0, 0.05) is 19.3 Å². The van der Waals surface area contributed by atoms with Crippen LogP contribution in [0.1, 0.15) is 18.9 Å². The average molecular weight is 334 g/mol. The van der Waals surface area contributed by atoms with E-state index in [9.17, 15) is 0 Å². The minimum atomic E-state index is -0.0481. The van der Waals surface area contributed by atoms with E-state index in [4.69, 9.17) is 10.5 Å². The largest absolute Gasteiger partial charge is 0.383 e. The van der Waals surface area contributed by atoms with E-state index in [0.29, 0.717) is 11.6 Å². The van der Waals surface area contributed by atoms with Gasteiger partial charge in [-0.2, -0.15) is 0 Å². The molecule has 0 aromatic carbocycles. The highest BCUT2D eigenvalue weighted by Gasteiger charge is 2.23. The number of hydrogen-bond acceptors (Lipinski definition) is 5. The molecular weight excluding hydrogens is 319 g/mol. The van der Waals surface area contributed by atoms with Gasteiger partial charge in [0.05, 0.1) is 10.2 Å². The molecule has 1 aliphatic heterocycles. The predicted molar refractivity (Wildman–Crippen MR) is 70.0 cm³/mol. The van der Waals surface area contributed by atoms with Crippen LogP contribution in [0.4, 0.5) is 5.82 Å². The summed E-state index contributed by atoms with van der Waals surface area (Å²) in [5.41, 5.74) is 5.77. The van der Waals surface area contributed by atoms with Crippen molar-refractivity contribution < 1.29 is 4.74 Å². The predicted octanol–water partition coefficient (Wildman–Crippen LogP) is 1.06. The lowest BCUT2D eigenvalue weighted by atomic mass is 10.2. The number of halogens is 1. The van der Waals surface area contributed by atoms with Gasteiger partial charge in [-0.05, 0) is 29.1 Å². The summed E-state index contributed by atoms with van der Waals surface area (Å²) >= 11 is 2.12. The van der Waals surface area contributed by atoms with E-state index in [1.54, 1.807) is 6.20 Å². The molecule has 2 N–H and O–H groups in total. The molecule has 6 heteroatoms. The molecule has 0 saturated carbocycles. The minimum absolute atomic E-state index is 0.0481. The van der Waals surface area contributed by atoms with E-state index in [1.807, 2.05) is 0 Å². The number of aromatic nitrogens is 2. The van der Waals surface area contributed by atoms with Crippen LogP contribution in [0.2, 0.25) is 0 Å². The van der Waals surface area contributed by atoms with Crippen molar-refractivity contribution in [1.29, 1.82) is 0 Å². The third kappa shape index (κ3) is 2.61. The molecule has 88 valence electrons. The summed E-state index contributed by atoms with van der Waals surface area (Å²) in [5, 5.41) is 0. The summed E-state index contributed by atoms with van der Waals surface area (Å²) in [7, 11) is 0. The Labute approximate surface area is 109 Å². The number of hydrogen-bond donors (Lipinski definition) is 1. The van der Waals surface area contributed by atoms with Crippen molar-refractivity contribution >= 4 is 28.4 Å². The van der Waals surface area contributed by atoms with E-state index in [2.05, 4.69) is 44.4 Å². The first-order valence-corrected chi connectivity index (χ1v) is 6.40. The lowest BCUT2D eigenvalue weighted by molar-refractivity contribution is -0.0325. The molecule has 0 radical (unpaired) electrons. The zero-order valence-corrected chi connectivity index (χ0v) is 11.3. The van der Waals surface area contributed by atoms with Crippen molar-refractivity contribution in [2.45, 2.75) is 13.0 Å². The Kier molecular flexibility index (Phi) is 3.93. The quantitative estimate of drug-likeness (QED) is 0.820. The van der Waals surface area contributed by atoms with E-state index in [1.165, 1.54) is 0 Å². The molecule has 1 aromatic heterocycles. The van der Waals surface area contributed by atoms with Gasteiger partial charge in [-0.15, -0.1) is 0 Å². The number of anilines is 1. The normalized spacial score (nSPS) is 22.2. The molecule has 1 aliphatic rings. The maximum atomic E-state index is 5.77. The molecule has 1 saturated heterocycles. The molecule has 1 unspecified atom stereocenters. The summed E-state index contributed by atoms with van der Waals surface area (Å²) in [6.45, 7) is 5.72. The summed E-state index contributed by atoms with van der Waals surface area (Å²) in [6, 6.07) is 0. The number of rotatable bonds is 2. The van der Waals surface area contributed by atoms with E-state index >= 15 is 0 Å². The topological polar surface area (TPSA) is 64.3 Å². The monoisotopic (exact) mass is 334 g/mol. The van der Waals surface area contributed by atoms with Gasteiger partial charge in [0.2, 0.25) is 0 Å². The standard InChI is InChI=1S/C10H15IN4O/c1-2-15-3-4-16-8(6-15)10-13-5-7(11)9(12)14-10/h5,8H,2-4,6H2,1H3,(H2,12,13,14). The number of nitrogen functional groups attached to an aromatic ring is 1. The van der Waals surface area contributed by atoms with Crippen LogP contribution in [0, 0.1) is 3.57 Å². The van der Waals surface area contributed by atoms with Crippen LogP contribution in [-0.2, 0) is 4.74 Å². The van der Waals surface area contributed by atoms with Crippen LogP contribution in [-0.4, -0.2) is 41.1 Å². The molecule has 16 heavy (non-hydrogen) atoms. The van der Waals surface area contributed by atoms with Gasteiger partial charge in [0.15, 0.2) is 5.82 Å². The van der Waals surface area contributed by atoms with Gasteiger partial charge < -0.3 is 10.5 Å². The summed E-state index contributed by atoms with van der Waals surface area (Å²) < 4.78 is 6.55. The third-order valence-corrected chi connectivity index (χ3v) is 3.51. The SMILES string of the molecule is CCN1CCOC(c2ncc(I)c(N)n2)C1. The van der Waals surface area contributed by atoms with Gasteiger partial charge >= 0.3 is 0 Å². The van der Waals surface area contributed by atoms with Crippen LogP contribution in [0.25, 0.3) is 0 Å². The summed E-state index contributed by atoms with van der Waals surface area (Å²) in [4.78, 5) is 10.9. The van der Waals surface area contributed by atoms with Gasteiger partial charge in [-0.25, -0.2) is 9.97 Å². The van der Waals surface area contributed by atoms with E-state index in [0.717, 1.165) is 29.8 Å². The first kappa shape index (κ1) is 12.0. The smallest absolute Gasteiger partial charge is 0.160 e. The Hall–Kier alpha value is -0.470. The highest BCUT2D eigenvalue weighted by molar-refractivity contribution is 14.1. The van der Waals surface area contributed by atoms with E-state index < -0.39 is 0 Å². The maximum Gasteiger partial charge on any atom is 0.160 e. The number of likely N-dealkylation sites (N-methyl/N-ethyl adjacent to an activating group) is 1. The maximum absolute atomic E-state index is 5.77. The Morgan fingerprint density at radius 1 is 1.69 bits per heavy atom. The fraction of sp³-hybridized carbons (Fsp3) is 0.600. The van der Waals surface area contributed by atoms with Crippen LogP contribution in [0.5, 0.6) is 0 Å². The Morgan fingerprint density at radius 2 is 2.50 bits per heavy atom. The Morgan fingerprint density at radius 3 is 3.19 bits per heavy atom. The minimum Gasteiger partial charge on any atom is -0.383 e. The number of nitrogens with zero attached hydrogens (tertiary/aromatic N) is 3. The first-order valence-electron chi connectivity index (χ1n) is 5.32. The molecule has 0 spiro atoms. The second-order valence-corrected chi connectivity index (χ2v) is 4.88. The lowest BCUT2D eigenvalue weighted by Gasteiger charge is -2.31. The zero-order chi connectivity index (χ0) is 11.5. The van der Waals surface area contributed by atoms with E-state index in [-0.39, 0.29) is 6.10 Å². The van der Waals surface area contributed by atoms with Crippen molar-refractivity contribution in [2.24, 2.45) is 0 Å². The summed E-state index contributed by atoms with van der Waals surface area (Å²) in [6.07, 6.45) is 1.69. The first-order chi connectivity index (χ1) is 7.70. The fourth-order valence-corrected chi connectivity index (χ4v) is 1.96. The fourth-order valence-electron chi connectivity index (χ4n) is 1.70. The lowest BCUT2D eigenvalue weighted by Crippen LogP contribution is -2.38. The van der Waals surface area contributed by atoms with Crippen LogP contribution < -0.4 is 5.73 Å². The second-order valence-electron chi connectivity index (χ2n) is 3.71. The third-order valence-electron chi connectivity index (χ3n) is 2.68. The molecular formula is C10H15IN4O.